The Labute approximate surface area is 93.4 Å². The second kappa shape index (κ2) is 4.26. The summed E-state index contributed by atoms with van der Waals surface area (Å²) in [6.45, 7) is 0. The fourth-order valence-electron chi connectivity index (χ4n) is 0.956. The third kappa shape index (κ3) is 1.94. The van der Waals surface area contributed by atoms with E-state index in [-0.39, 0.29) is 17.6 Å². The van der Waals surface area contributed by atoms with Crippen LogP contribution in [0.1, 0.15) is 0 Å². The molecule has 64 valence electrons. The van der Waals surface area contributed by atoms with Crippen LogP contribution in [0, 0.1) is 0 Å². The van der Waals surface area contributed by atoms with Crippen LogP contribution in [0.25, 0.3) is 10.2 Å². The van der Waals surface area contributed by atoms with Gasteiger partial charge in [0.15, 0.2) is 0 Å². The zero-order valence-electron chi connectivity index (χ0n) is 5.88. The summed E-state index contributed by atoms with van der Waals surface area (Å²) >= 11 is 5.43. The number of thiazole rings is 1. The van der Waals surface area contributed by atoms with Gasteiger partial charge >= 0.3 is 94.4 Å². The molecule has 0 saturated carbocycles. The Bertz CT molecular complexity index is 357. The molecule has 12 heavy (non-hydrogen) atoms. The van der Waals surface area contributed by atoms with Gasteiger partial charge in [-0.15, -0.1) is 0 Å². The Morgan fingerprint density at radius 2 is 2.25 bits per heavy atom. The molecule has 1 nitrogen and oxygen atoms in total. The summed E-state index contributed by atoms with van der Waals surface area (Å²) in [6, 6.07) is 8.39. The molecule has 2 aromatic rings. The van der Waals surface area contributed by atoms with E-state index in [1.54, 1.807) is 0 Å². The Kier molecular flexibility index (Phi) is 3.27. The predicted octanol–water partition coefficient (Wildman–Crippen LogP) is 0.121. The van der Waals surface area contributed by atoms with Gasteiger partial charge in [-0.1, -0.05) is 0 Å². The van der Waals surface area contributed by atoms with E-state index in [1.807, 2.05) is 20.3 Å². The van der Waals surface area contributed by atoms with Gasteiger partial charge in [-0.2, -0.15) is 0 Å². The molecule has 5 heteroatoms. The molecule has 0 bridgehead atoms. The van der Waals surface area contributed by atoms with Crippen molar-refractivity contribution in [1.82, 2.24) is 0 Å². The molecule has 0 fully saturated rings. The number of para-hydroxylation sites is 1. The van der Waals surface area contributed by atoms with Crippen molar-refractivity contribution in [3.8, 4) is 0 Å². The number of aromatic amines is 1. The van der Waals surface area contributed by atoms with E-state index in [9.17, 15) is 0 Å². The first-order valence-corrected chi connectivity index (χ1v) is 12.2. The van der Waals surface area contributed by atoms with Gasteiger partial charge in [0, 0.05) is 0 Å². The van der Waals surface area contributed by atoms with Crippen LogP contribution in [0.5, 0.6) is 0 Å². The summed E-state index contributed by atoms with van der Waals surface area (Å²) in [5.41, 5.74) is 1.25. The molecule has 0 spiro atoms. The van der Waals surface area contributed by atoms with Crippen LogP contribution in [0.4, 0.5) is 0 Å². The molecule has 0 aliphatic heterocycles. The first-order valence-electron chi connectivity index (χ1n) is 3.24. The van der Waals surface area contributed by atoms with Gasteiger partial charge in [-0.25, -0.2) is 0 Å². The van der Waals surface area contributed by atoms with Crippen LogP contribution >= 0.6 is 33.0 Å². The first-order chi connectivity index (χ1) is 5.90. The summed E-state index contributed by atoms with van der Waals surface area (Å²) in [5.74, 6) is 0. The Hall–Kier alpha value is 0.670. The second-order valence-corrected chi connectivity index (χ2v) is 11.4. The van der Waals surface area contributed by atoms with E-state index in [4.69, 9.17) is 0 Å². The number of aromatic nitrogens is 1. The van der Waals surface area contributed by atoms with Gasteiger partial charge in [-0.3, -0.25) is 0 Å². The molecule has 0 aliphatic carbocycles. The maximum absolute atomic E-state index is 3.50. The molecular weight excluding hydrogens is 369 g/mol. The zero-order chi connectivity index (χ0) is 8.39. The summed E-state index contributed by atoms with van der Waals surface area (Å²) in [4.78, 5) is 3.38. The van der Waals surface area contributed by atoms with E-state index in [0.717, 1.165) is 0 Å². The predicted molar refractivity (Wildman–Crippen MR) is 53.2 cm³/mol. The minimum absolute atomic E-state index is 0.0993. The summed E-state index contributed by atoms with van der Waals surface area (Å²) in [5, 5.41) is 0. The van der Waals surface area contributed by atoms with Gasteiger partial charge in [-0.05, 0) is 0 Å². The van der Waals surface area contributed by atoms with E-state index in [2.05, 4.69) is 41.9 Å². The summed E-state index contributed by atoms with van der Waals surface area (Å²) < 4.78 is 2.64. The number of nitrogens with one attached hydrogen (secondary N) is 1. The van der Waals surface area contributed by atoms with Crippen LogP contribution in [0.15, 0.2) is 28.6 Å². The summed E-state index contributed by atoms with van der Waals surface area (Å²) in [6.07, 6.45) is 0. The van der Waals surface area contributed by atoms with E-state index in [1.165, 1.54) is 14.6 Å². The van der Waals surface area contributed by atoms with Gasteiger partial charge in [0.1, 0.15) is 0 Å². The molecule has 0 saturated heterocycles. The number of halogens is 2. The molecule has 0 unspecified atom stereocenters. The van der Waals surface area contributed by atoms with Crippen molar-refractivity contribution in [2.75, 3.05) is 0 Å². The molecule has 1 aromatic heterocycles. The summed E-state index contributed by atoms with van der Waals surface area (Å²) in [7, 11) is 1.89. The van der Waals surface area contributed by atoms with E-state index < -0.39 is 0 Å². The van der Waals surface area contributed by atoms with Crippen LogP contribution in [0.2, 0.25) is 0 Å². The third-order valence-electron chi connectivity index (χ3n) is 1.43. The zero-order valence-corrected chi connectivity index (χ0v) is 11.3. The second-order valence-electron chi connectivity index (χ2n) is 2.15. The quantitative estimate of drug-likeness (QED) is 0.682. The molecule has 0 atom stereocenters. The van der Waals surface area contributed by atoms with Crippen LogP contribution in [-0.2, 0) is 0 Å². The standard InChI is InChI=1S/C7H4BrINS2/c8-9-12-7-10-5-3-1-2-4-6(5)11-7/h1-4H/q-1/p+1. The molecule has 0 radical (unpaired) electrons. The van der Waals surface area contributed by atoms with E-state index in [0.29, 0.717) is 0 Å². The fourth-order valence-corrected chi connectivity index (χ4v) is 8.61. The number of H-pyrrole nitrogens is 1. The van der Waals surface area contributed by atoms with Crippen LogP contribution in [0.3, 0.4) is 0 Å². The molecule has 1 N–H and O–H groups in total. The van der Waals surface area contributed by atoms with Crippen molar-refractivity contribution in [3.63, 3.8) is 0 Å². The molecule has 1 heterocycles. The minimum atomic E-state index is 0.0993. The molecule has 2 rings (SSSR count). The fraction of sp³-hybridized carbons (Fsp3) is 0. The average Bonchev–Trinajstić information content (AvgIpc) is 2.47. The number of benzene rings is 1. The van der Waals surface area contributed by atoms with Crippen molar-refractivity contribution < 1.29 is 22.6 Å². The normalized spacial score (nSPS) is 11.1. The topological polar surface area (TPSA) is 14.1 Å². The molecule has 0 amide bonds. The Morgan fingerprint density at radius 1 is 1.42 bits per heavy atom. The molecule has 0 aliphatic rings. The van der Waals surface area contributed by atoms with Gasteiger partial charge in [0.25, 0.3) is 0 Å². The average molecular weight is 374 g/mol. The monoisotopic (exact) mass is 373 g/mol. The van der Waals surface area contributed by atoms with E-state index >= 15 is 0 Å². The van der Waals surface area contributed by atoms with Crippen LogP contribution in [-0.4, -0.2) is 0 Å². The molecule has 1 aromatic carbocycles. The number of hydrogen-bond acceptors (Lipinski definition) is 2. The number of fused-ring (bicyclic) bond motifs is 1. The number of rotatable bonds is 2. The van der Waals surface area contributed by atoms with Crippen molar-refractivity contribution in [1.29, 1.82) is 0 Å². The van der Waals surface area contributed by atoms with Gasteiger partial charge in [0.05, 0.1) is 0 Å². The maximum atomic E-state index is 3.50. The SMILES string of the molecule is Br[I-]Sc1[nH+]c2ccccc2s1. The number of hydrogen-bond donors (Lipinski definition) is 0. The van der Waals surface area contributed by atoms with Crippen LogP contribution < -0.4 is 22.6 Å². The van der Waals surface area contributed by atoms with Gasteiger partial charge in [0.2, 0.25) is 0 Å². The van der Waals surface area contributed by atoms with Crippen molar-refractivity contribution >= 4 is 43.2 Å². The molecular formula is C7H5BrINS2. The van der Waals surface area contributed by atoms with Crippen molar-refractivity contribution in [2.24, 2.45) is 0 Å². The Balaban J connectivity index is 2.47. The van der Waals surface area contributed by atoms with Gasteiger partial charge < -0.3 is 0 Å². The first kappa shape index (κ1) is 9.23. The third-order valence-corrected chi connectivity index (χ3v) is 8.27. The van der Waals surface area contributed by atoms with Crippen molar-refractivity contribution in [3.05, 3.63) is 24.3 Å². The Morgan fingerprint density at radius 3 is 3.00 bits per heavy atom. The van der Waals surface area contributed by atoms with Crippen molar-refractivity contribution in [2.45, 2.75) is 4.34 Å².